The van der Waals surface area contributed by atoms with Crippen LogP contribution in [0.2, 0.25) is 0 Å². The quantitative estimate of drug-likeness (QED) is 0.712. The molecule has 0 bridgehead atoms. The number of carbonyl (C=O) groups is 1. The van der Waals surface area contributed by atoms with Crippen LogP contribution in [0.3, 0.4) is 0 Å². The molecule has 0 saturated carbocycles. The summed E-state index contributed by atoms with van der Waals surface area (Å²) in [7, 11) is 0. The second-order valence-electron chi connectivity index (χ2n) is 5.04. The van der Waals surface area contributed by atoms with Gasteiger partial charge in [-0.05, 0) is 38.9 Å². The van der Waals surface area contributed by atoms with Crippen molar-refractivity contribution in [1.29, 1.82) is 0 Å². The van der Waals surface area contributed by atoms with Crippen LogP contribution in [0.5, 0.6) is 5.75 Å². The number of rotatable bonds is 9. The molecule has 1 unspecified atom stereocenters. The van der Waals surface area contributed by atoms with Crippen molar-refractivity contribution in [2.24, 2.45) is 0 Å². The van der Waals surface area contributed by atoms with Crippen molar-refractivity contribution in [3.63, 3.8) is 0 Å². The van der Waals surface area contributed by atoms with Crippen LogP contribution in [-0.2, 0) is 9.53 Å². The fourth-order valence-electron chi connectivity index (χ4n) is 1.88. The minimum atomic E-state index is -0.792. The lowest BCUT2D eigenvalue weighted by molar-refractivity contribution is -0.151. The van der Waals surface area contributed by atoms with E-state index in [4.69, 9.17) is 9.47 Å². The molecule has 118 valence electrons. The third kappa shape index (κ3) is 5.71. The smallest absolute Gasteiger partial charge is 0.326 e. The number of ether oxygens (including phenoxy) is 2. The van der Waals surface area contributed by atoms with Crippen molar-refractivity contribution in [2.75, 3.05) is 19.8 Å². The van der Waals surface area contributed by atoms with E-state index in [9.17, 15) is 9.18 Å². The lowest BCUT2D eigenvalue weighted by Crippen LogP contribution is -2.51. The molecule has 1 N–H and O–H groups in total. The number of hydrogen-bond donors (Lipinski definition) is 1. The summed E-state index contributed by atoms with van der Waals surface area (Å²) in [6.07, 6.45) is 1.36. The zero-order chi connectivity index (χ0) is 15.7. The van der Waals surface area contributed by atoms with Crippen LogP contribution in [-0.4, -0.2) is 31.3 Å². The van der Waals surface area contributed by atoms with E-state index >= 15 is 0 Å². The van der Waals surface area contributed by atoms with Crippen molar-refractivity contribution in [3.8, 4) is 5.75 Å². The van der Waals surface area contributed by atoms with Crippen molar-refractivity contribution in [1.82, 2.24) is 5.32 Å². The molecule has 0 aliphatic carbocycles. The Kier molecular flexibility index (Phi) is 7.15. The molecule has 0 aliphatic heterocycles. The maximum Gasteiger partial charge on any atom is 0.326 e. The number of esters is 1. The van der Waals surface area contributed by atoms with Crippen LogP contribution in [0.4, 0.5) is 4.39 Å². The molecule has 0 heterocycles. The summed E-state index contributed by atoms with van der Waals surface area (Å²) in [5.41, 5.74) is -0.792. The Morgan fingerprint density at radius 1 is 1.38 bits per heavy atom. The van der Waals surface area contributed by atoms with E-state index < -0.39 is 5.54 Å². The number of nitrogens with one attached hydrogen (secondary N) is 1. The molecular weight excluding hydrogens is 273 g/mol. The van der Waals surface area contributed by atoms with Gasteiger partial charge in [0.05, 0.1) is 13.2 Å². The van der Waals surface area contributed by atoms with Crippen LogP contribution < -0.4 is 10.1 Å². The fraction of sp³-hybridized carbons (Fsp3) is 0.562. The first kappa shape index (κ1) is 17.4. The van der Waals surface area contributed by atoms with Crippen LogP contribution >= 0.6 is 0 Å². The summed E-state index contributed by atoms with van der Waals surface area (Å²) in [4.78, 5) is 12.1. The Bertz CT molecular complexity index is 453. The van der Waals surface area contributed by atoms with Gasteiger partial charge >= 0.3 is 5.97 Å². The minimum Gasteiger partial charge on any atom is -0.493 e. The first-order valence-corrected chi connectivity index (χ1v) is 7.32. The van der Waals surface area contributed by atoms with Crippen LogP contribution in [0, 0.1) is 5.82 Å². The average molecular weight is 297 g/mol. The molecule has 0 fully saturated rings. The highest BCUT2D eigenvalue weighted by Gasteiger charge is 2.33. The second kappa shape index (κ2) is 8.62. The van der Waals surface area contributed by atoms with Gasteiger partial charge in [0, 0.05) is 12.5 Å². The highest BCUT2D eigenvalue weighted by Crippen LogP contribution is 2.16. The van der Waals surface area contributed by atoms with Gasteiger partial charge < -0.3 is 14.8 Å². The summed E-state index contributed by atoms with van der Waals surface area (Å²) in [6, 6.07) is 5.95. The third-order valence-corrected chi connectivity index (χ3v) is 3.16. The maximum atomic E-state index is 13.1. The first-order chi connectivity index (χ1) is 10.0. The Hall–Kier alpha value is -1.62. The molecule has 0 spiro atoms. The van der Waals surface area contributed by atoms with E-state index in [1.807, 2.05) is 6.92 Å². The zero-order valence-corrected chi connectivity index (χ0v) is 12.9. The van der Waals surface area contributed by atoms with Gasteiger partial charge in [-0.2, -0.15) is 0 Å². The summed E-state index contributed by atoms with van der Waals surface area (Å²) in [6.45, 7) is 6.97. The number of halogens is 1. The molecule has 1 aromatic carbocycles. The van der Waals surface area contributed by atoms with Crippen LogP contribution in [0.15, 0.2) is 24.3 Å². The van der Waals surface area contributed by atoms with Gasteiger partial charge in [0.1, 0.15) is 17.1 Å². The van der Waals surface area contributed by atoms with E-state index in [0.717, 1.165) is 13.0 Å². The molecule has 0 radical (unpaired) electrons. The number of benzene rings is 1. The summed E-state index contributed by atoms with van der Waals surface area (Å²) in [5, 5.41) is 3.20. The molecule has 0 aliphatic rings. The predicted octanol–water partition coefficient (Wildman–Crippen LogP) is 2.92. The monoisotopic (exact) mass is 297 g/mol. The van der Waals surface area contributed by atoms with Gasteiger partial charge in [-0.25, -0.2) is 4.39 Å². The van der Waals surface area contributed by atoms with Gasteiger partial charge in [0.25, 0.3) is 0 Å². The largest absolute Gasteiger partial charge is 0.493 e. The average Bonchev–Trinajstić information content (AvgIpc) is 2.45. The van der Waals surface area contributed by atoms with Crippen molar-refractivity contribution in [3.05, 3.63) is 30.1 Å². The Labute approximate surface area is 125 Å². The van der Waals surface area contributed by atoms with Gasteiger partial charge in [-0.3, -0.25) is 4.79 Å². The summed E-state index contributed by atoms with van der Waals surface area (Å²) >= 11 is 0. The van der Waals surface area contributed by atoms with Gasteiger partial charge in [0.15, 0.2) is 0 Å². The van der Waals surface area contributed by atoms with Crippen molar-refractivity contribution < 1.29 is 18.7 Å². The Balaban J connectivity index is 2.58. The standard InChI is InChI=1S/C16H24FNO3/c1-4-10-18-16(3,15(19)20-5-2)9-11-21-14-8-6-7-13(17)12-14/h6-8,12,18H,4-5,9-11H2,1-3H3. The predicted molar refractivity (Wildman–Crippen MR) is 79.8 cm³/mol. The van der Waals surface area contributed by atoms with Gasteiger partial charge in [0.2, 0.25) is 0 Å². The Morgan fingerprint density at radius 2 is 2.14 bits per heavy atom. The van der Waals surface area contributed by atoms with Crippen LogP contribution in [0.1, 0.15) is 33.6 Å². The van der Waals surface area contributed by atoms with E-state index in [1.54, 1.807) is 26.0 Å². The third-order valence-electron chi connectivity index (χ3n) is 3.16. The highest BCUT2D eigenvalue weighted by molar-refractivity contribution is 5.80. The maximum absolute atomic E-state index is 13.1. The lowest BCUT2D eigenvalue weighted by atomic mass is 9.98. The van der Waals surface area contributed by atoms with E-state index in [2.05, 4.69) is 5.32 Å². The number of hydrogen-bond acceptors (Lipinski definition) is 4. The van der Waals surface area contributed by atoms with Gasteiger partial charge in [-0.1, -0.05) is 13.0 Å². The molecule has 1 atom stereocenters. The molecule has 21 heavy (non-hydrogen) atoms. The summed E-state index contributed by atoms with van der Waals surface area (Å²) < 4.78 is 23.7. The zero-order valence-electron chi connectivity index (χ0n) is 12.9. The lowest BCUT2D eigenvalue weighted by Gasteiger charge is -2.28. The minimum absolute atomic E-state index is 0.290. The van der Waals surface area contributed by atoms with Gasteiger partial charge in [-0.15, -0.1) is 0 Å². The molecule has 5 heteroatoms. The molecule has 0 saturated heterocycles. The molecule has 0 amide bonds. The fourth-order valence-corrected chi connectivity index (χ4v) is 1.88. The normalized spacial score (nSPS) is 13.5. The molecule has 1 rings (SSSR count). The topological polar surface area (TPSA) is 47.6 Å². The van der Waals surface area contributed by atoms with Crippen molar-refractivity contribution in [2.45, 2.75) is 39.2 Å². The van der Waals surface area contributed by atoms with E-state index in [-0.39, 0.29) is 11.8 Å². The molecule has 0 aromatic heterocycles. The molecule has 1 aromatic rings. The molecule has 4 nitrogen and oxygen atoms in total. The van der Waals surface area contributed by atoms with E-state index in [0.29, 0.717) is 25.4 Å². The second-order valence-corrected chi connectivity index (χ2v) is 5.04. The van der Waals surface area contributed by atoms with Crippen LogP contribution in [0.25, 0.3) is 0 Å². The number of carbonyl (C=O) groups excluding carboxylic acids is 1. The Morgan fingerprint density at radius 3 is 2.76 bits per heavy atom. The first-order valence-electron chi connectivity index (χ1n) is 7.32. The summed E-state index contributed by atoms with van der Waals surface area (Å²) in [5.74, 6) is -0.178. The molecular formula is C16H24FNO3. The van der Waals surface area contributed by atoms with Crippen molar-refractivity contribution >= 4 is 5.97 Å². The highest BCUT2D eigenvalue weighted by atomic mass is 19.1. The van der Waals surface area contributed by atoms with E-state index in [1.165, 1.54) is 12.1 Å². The SMILES string of the molecule is CCCNC(C)(CCOc1cccc(F)c1)C(=O)OCC.